The lowest BCUT2D eigenvalue weighted by Gasteiger charge is -2.29. The lowest BCUT2D eigenvalue weighted by Crippen LogP contribution is -2.41. The van der Waals surface area contributed by atoms with Gasteiger partial charge in [0.05, 0.1) is 0 Å². The molecule has 1 aliphatic rings. The maximum atomic E-state index is 12.4. The topological polar surface area (TPSA) is 29.1 Å². The summed E-state index contributed by atoms with van der Waals surface area (Å²) in [6.07, 6.45) is 4.84. The fourth-order valence-corrected chi connectivity index (χ4v) is 3.23. The molecular formula is C20H23NO. The summed E-state index contributed by atoms with van der Waals surface area (Å²) in [7, 11) is 0. The normalized spacial score (nSPS) is 21.3. The second kappa shape index (κ2) is 6.78. The number of benzene rings is 2. The first-order valence-electron chi connectivity index (χ1n) is 8.20. The van der Waals surface area contributed by atoms with Crippen molar-refractivity contribution in [1.82, 2.24) is 5.32 Å². The van der Waals surface area contributed by atoms with E-state index in [0.29, 0.717) is 12.0 Å². The van der Waals surface area contributed by atoms with Crippen LogP contribution in [-0.2, 0) is 0 Å². The zero-order chi connectivity index (χ0) is 15.4. The first-order chi connectivity index (χ1) is 10.7. The van der Waals surface area contributed by atoms with Gasteiger partial charge in [0.1, 0.15) is 0 Å². The van der Waals surface area contributed by atoms with Crippen molar-refractivity contribution in [2.45, 2.75) is 38.6 Å². The molecule has 2 aromatic rings. The highest BCUT2D eigenvalue weighted by atomic mass is 16.1. The van der Waals surface area contributed by atoms with E-state index in [2.05, 4.69) is 24.4 Å². The predicted molar refractivity (Wildman–Crippen MR) is 90.8 cm³/mol. The van der Waals surface area contributed by atoms with E-state index in [0.717, 1.165) is 17.5 Å². The molecule has 22 heavy (non-hydrogen) atoms. The standard InChI is InChI=1S/C20H23NO/c1-15-7-5-6-10-19(15)21-20(22)18-13-11-17(12-14-18)16-8-3-2-4-9-16/h2-4,8-9,11-15,19H,5-7,10H2,1H3,(H,21,22)/t15-,19+/m0/s1. The number of nitrogens with one attached hydrogen (secondary N) is 1. The lowest BCUT2D eigenvalue weighted by atomic mass is 9.86. The number of carbonyl (C=O) groups excluding carboxylic acids is 1. The van der Waals surface area contributed by atoms with Gasteiger partial charge in [0.2, 0.25) is 0 Å². The summed E-state index contributed by atoms with van der Waals surface area (Å²) in [5, 5.41) is 3.21. The van der Waals surface area contributed by atoms with Crippen LogP contribution in [-0.4, -0.2) is 11.9 Å². The van der Waals surface area contributed by atoms with Crippen LogP contribution in [0, 0.1) is 5.92 Å². The quantitative estimate of drug-likeness (QED) is 0.876. The average Bonchev–Trinajstić information content (AvgIpc) is 2.58. The Morgan fingerprint density at radius 3 is 2.23 bits per heavy atom. The molecule has 2 nitrogen and oxygen atoms in total. The second-order valence-electron chi connectivity index (χ2n) is 6.29. The predicted octanol–water partition coefficient (Wildman–Crippen LogP) is 4.66. The van der Waals surface area contributed by atoms with Gasteiger partial charge in [-0.05, 0) is 42.0 Å². The first kappa shape index (κ1) is 14.8. The van der Waals surface area contributed by atoms with E-state index in [1.165, 1.54) is 24.8 Å². The molecule has 0 spiro atoms. The monoisotopic (exact) mass is 293 g/mol. The zero-order valence-electron chi connectivity index (χ0n) is 13.1. The van der Waals surface area contributed by atoms with Crippen LogP contribution in [0.2, 0.25) is 0 Å². The third kappa shape index (κ3) is 3.38. The van der Waals surface area contributed by atoms with Gasteiger partial charge in [0.15, 0.2) is 0 Å². The summed E-state index contributed by atoms with van der Waals surface area (Å²) in [5.41, 5.74) is 3.07. The fraction of sp³-hybridized carbons (Fsp3) is 0.350. The highest BCUT2D eigenvalue weighted by Crippen LogP contribution is 2.24. The van der Waals surface area contributed by atoms with Crippen molar-refractivity contribution in [3.05, 3.63) is 60.2 Å². The molecule has 2 atom stereocenters. The summed E-state index contributed by atoms with van der Waals surface area (Å²) in [4.78, 5) is 12.4. The molecule has 0 saturated heterocycles. The Hall–Kier alpha value is -2.09. The van der Waals surface area contributed by atoms with Crippen molar-refractivity contribution in [3.8, 4) is 11.1 Å². The summed E-state index contributed by atoms with van der Waals surface area (Å²) < 4.78 is 0. The fourth-order valence-electron chi connectivity index (χ4n) is 3.23. The summed E-state index contributed by atoms with van der Waals surface area (Å²) in [6, 6.07) is 18.4. The molecule has 0 radical (unpaired) electrons. The summed E-state index contributed by atoms with van der Waals surface area (Å²) in [6.45, 7) is 2.24. The Labute approximate surface area is 132 Å². The molecule has 1 aliphatic carbocycles. The van der Waals surface area contributed by atoms with Crippen LogP contribution >= 0.6 is 0 Å². The van der Waals surface area contributed by atoms with Crippen LogP contribution < -0.4 is 5.32 Å². The first-order valence-corrected chi connectivity index (χ1v) is 8.20. The Bertz CT molecular complexity index is 618. The Balaban J connectivity index is 1.68. The largest absolute Gasteiger partial charge is 0.349 e. The smallest absolute Gasteiger partial charge is 0.251 e. The number of amides is 1. The molecule has 1 amide bonds. The third-order valence-electron chi connectivity index (χ3n) is 4.68. The van der Waals surface area contributed by atoms with Crippen LogP contribution in [0.4, 0.5) is 0 Å². The maximum Gasteiger partial charge on any atom is 0.251 e. The number of carbonyl (C=O) groups is 1. The molecule has 0 unspecified atom stereocenters. The van der Waals surface area contributed by atoms with Gasteiger partial charge < -0.3 is 5.32 Å². The molecule has 2 heteroatoms. The molecule has 0 heterocycles. The highest BCUT2D eigenvalue weighted by Gasteiger charge is 2.23. The molecule has 0 bridgehead atoms. The van der Waals surface area contributed by atoms with E-state index in [1.54, 1.807) is 0 Å². The summed E-state index contributed by atoms with van der Waals surface area (Å²) >= 11 is 0. The SMILES string of the molecule is C[C@H]1CCCC[C@H]1NC(=O)c1ccc(-c2ccccc2)cc1. The molecule has 0 aliphatic heterocycles. The van der Waals surface area contributed by atoms with E-state index >= 15 is 0 Å². The molecule has 3 rings (SSSR count). The van der Waals surface area contributed by atoms with E-state index in [9.17, 15) is 4.79 Å². The average molecular weight is 293 g/mol. The minimum absolute atomic E-state index is 0.0540. The van der Waals surface area contributed by atoms with E-state index in [1.807, 2.05) is 42.5 Å². The molecule has 1 fully saturated rings. The third-order valence-corrected chi connectivity index (χ3v) is 4.68. The minimum Gasteiger partial charge on any atom is -0.349 e. The van der Waals surface area contributed by atoms with Gasteiger partial charge in [-0.2, -0.15) is 0 Å². The van der Waals surface area contributed by atoms with Crippen molar-refractivity contribution in [1.29, 1.82) is 0 Å². The van der Waals surface area contributed by atoms with Crippen LogP contribution in [0.5, 0.6) is 0 Å². The van der Waals surface area contributed by atoms with Gasteiger partial charge in [-0.15, -0.1) is 0 Å². The second-order valence-corrected chi connectivity index (χ2v) is 6.29. The van der Waals surface area contributed by atoms with Crippen LogP contribution in [0.1, 0.15) is 43.0 Å². The Morgan fingerprint density at radius 1 is 0.909 bits per heavy atom. The lowest BCUT2D eigenvalue weighted by molar-refractivity contribution is 0.0910. The van der Waals surface area contributed by atoms with Crippen LogP contribution in [0.3, 0.4) is 0 Å². The van der Waals surface area contributed by atoms with E-state index in [4.69, 9.17) is 0 Å². The maximum absolute atomic E-state index is 12.4. The van der Waals surface area contributed by atoms with Crippen LogP contribution in [0.15, 0.2) is 54.6 Å². The van der Waals surface area contributed by atoms with Crippen molar-refractivity contribution in [3.63, 3.8) is 0 Å². The molecular weight excluding hydrogens is 270 g/mol. The molecule has 2 aromatic carbocycles. The number of hydrogen-bond acceptors (Lipinski definition) is 1. The van der Waals surface area contributed by atoms with Gasteiger partial charge in [-0.3, -0.25) is 4.79 Å². The van der Waals surface area contributed by atoms with Crippen molar-refractivity contribution in [2.75, 3.05) is 0 Å². The molecule has 1 N–H and O–H groups in total. The van der Waals surface area contributed by atoms with Crippen molar-refractivity contribution >= 4 is 5.91 Å². The molecule has 1 saturated carbocycles. The van der Waals surface area contributed by atoms with Gasteiger partial charge in [0.25, 0.3) is 5.91 Å². The Morgan fingerprint density at radius 2 is 1.55 bits per heavy atom. The van der Waals surface area contributed by atoms with Crippen LogP contribution in [0.25, 0.3) is 11.1 Å². The van der Waals surface area contributed by atoms with Gasteiger partial charge in [0, 0.05) is 11.6 Å². The van der Waals surface area contributed by atoms with Gasteiger partial charge >= 0.3 is 0 Å². The molecule has 114 valence electrons. The van der Waals surface area contributed by atoms with E-state index < -0.39 is 0 Å². The zero-order valence-corrected chi connectivity index (χ0v) is 13.1. The number of rotatable bonds is 3. The molecule has 0 aromatic heterocycles. The number of hydrogen-bond donors (Lipinski definition) is 1. The van der Waals surface area contributed by atoms with E-state index in [-0.39, 0.29) is 5.91 Å². The summed E-state index contributed by atoms with van der Waals surface area (Å²) in [5.74, 6) is 0.639. The van der Waals surface area contributed by atoms with Gasteiger partial charge in [-0.25, -0.2) is 0 Å². The minimum atomic E-state index is 0.0540. The Kier molecular flexibility index (Phi) is 4.57. The van der Waals surface area contributed by atoms with Crippen molar-refractivity contribution < 1.29 is 4.79 Å². The highest BCUT2D eigenvalue weighted by molar-refractivity contribution is 5.94. The van der Waals surface area contributed by atoms with Gasteiger partial charge in [-0.1, -0.05) is 62.2 Å². The van der Waals surface area contributed by atoms with Crippen molar-refractivity contribution in [2.24, 2.45) is 5.92 Å².